The molecule has 0 spiro atoms. The van der Waals surface area contributed by atoms with Crippen LogP contribution in [0.15, 0.2) is 24.3 Å². The number of hydrogen-bond donors (Lipinski definition) is 1. The second-order valence-corrected chi connectivity index (χ2v) is 4.55. The predicted molar refractivity (Wildman–Crippen MR) is 62.2 cm³/mol. The second-order valence-electron chi connectivity index (χ2n) is 4.55. The van der Waals surface area contributed by atoms with Gasteiger partial charge >= 0.3 is 5.97 Å². The first-order valence-electron chi connectivity index (χ1n) is 5.49. The van der Waals surface area contributed by atoms with Crippen LogP contribution in [0.4, 0.5) is 4.39 Å². The van der Waals surface area contributed by atoms with Crippen molar-refractivity contribution in [2.75, 3.05) is 6.61 Å². The Balaban J connectivity index is 3.03. The molecule has 0 aliphatic rings. The van der Waals surface area contributed by atoms with Gasteiger partial charge in [-0.3, -0.25) is 0 Å². The Morgan fingerprint density at radius 3 is 2.65 bits per heavy atom. The Kier molecular flexibility index (Phi) is 4.23. The van der Waals surface area contributed by atoms with Crippen molar-refractivity contribution in [2.45, 2.75) is 26.4 Å². The number of rotatable bonds is 5. The van der Waals surface area contributed by atoms with E-state index in [1.54, 1.807) is 6.07 Å². The Bertz CT molecular complexity index is 403. The summed E-state index contributed by atoms with van der Waals surface area (Å²) in [4.78, 5) is 11.3. The molecule has 0 aliphatic heterocycles. The monoisotopic (exact) mass is 240 g/mol. The van der Waals surface area contributed by atoms with Gasteiger partial charge in [-0.15, -0.1) is 0 Å². The lowest BCUT2D eigenvalue weighted by Gasteiger charge is -2.26. The predicted octanol–water partition coefficient (Wildman–Crippen LogP) is 2.80. The van der Waals surface area contributed by atoms with Gasteiger partial charge in [0.05, 0.1) is 6.61 Å². The topological polar surface area (TPSA) is 46.5 Å². The van der Waals surface area contributed by atoms with Crippen LogP contribution in [-0.2, 0) is 15.1 Å². The van der Waals surface area contributed by atoms with Gasteiger partial charge in [0.25, 0.3) is 0 Å². The van der Waals surface area contributed by atoms with Crippen LogP contribution in [0.5, 0.6) is 0 Å². The maximum atomic E-state index is 13.1. The first-order chi connectivity index (χ1) is 7.86. The molecule has 0 radical (unpaired) electrons. The SMILES string of the molecule is CC(C)COC(C)(C(=O)O)c1cccc(F)c1. The lowest BCUT2D eigenvalue weighted by molar-refractivity contribution is -0.166. The highest BCUT2D eigenvalue weighted by Gasteiger charge is 2.36. The molecule has 0 saturated carbocycles. The molecule has 0 fully saturated rings. The van der Waals surface area contributed by atoms with Gasteiger partial charge in [-0.25, -0.2) is 9.18 Å². The molecule has 0 amide bonds. The first-order valence-corrected chi connectivity index (χ1v) is 5.49. The smallest absolute Gasteiger partial charge is 0.340 e. The molecule has 1 rings (SSSR count). The van der Waals surface area contributed by atoms with E-state index in [1.807, 2.05) is 13.8 Å². The molecule has 0 bridgehead atoms. The summed E-state index contributed by atoms with van der Waals surface area (Å²) in [6, 6.07) is 5.49. The van der Waals surface area contributed by atoms with Gasteiger partial charge in [0.1, 0.15) is 5.82 Å². The minimum Gasteiger partial charge on any atom is -0.479 e. The third kappa shape index (κ3) is 3.27. The maximum absolute atomic E-state index is 13.1. The van der Waals surface area contributed by atoms with Crippen LogP contribution in [-0.4, -0.2) is 17.7 Å². The van der Waals surface area contributed by atoms with Crippen molar-refractivity contribution in [1.82, 2.24) is 0 Å². The van der Waals surface area contributed by atoms with Crippen LogP contribution in [0.25, 0.3) is 0 Å². The molecule has 1 N–H and O–H groups in total. The second kappa shape index (κ2) is 5.27. The van der Waals surface area contributed by atoms with E-state index in [0.29, 0.717) is 12.2 Å². The number of aliphatic carboxylic acids is 1. The number of halogens is 1. The highest BCUT2D eigenvalue weighted by molar-refractivity contribution is 5.78. The molecule has 1 aromatic rings. The normalized spacial score (nSPS) is 14.6. The molecule has 0 aromatic heterocycles. The molecular weight excluding hydrogens is 223 g/mol. The Morgan fingerprint density at radius 1 is 1.53 bits per heavy atom. The van der Waals surface area contributed by atoms with Crippen molar-refractivity contribution in [3.05, 3.63) is 35.6 Å². The van der Waals surface area contributed by atoms with E-state index >= 15 is 0 Å². The van der Waals surface area contributed by atoms with Crippen LogP contribution in [0.1, 0.15) is 26.3 Å². The highest BCUT2D eigenvalue weighted by Crippen LogP contribution is 2.27. The van der Waals surface area contributed by atoms with E-state index < -0.39 is 17.4 Å². The molecule has 1 unspecified atom stereocenters. The van der Waals surface area contributed by atoms with Crippen LogP contribution in [0.3, 0.4) is 0 Å². The summed E-state index contributed by atoms with van der Waals surface area (Å²) in [5.74, 6) is -1.38. The summed E-state index contributed by atoms with van der Waals surface area (Å²) in [5.41, 5.74) is -1.20. The van der Waals surface area contributed by atoms with E-state index in [9.17, 15) is 14.3 Å². The zero-order valence-electron chi connectivity index (χ0n) is 10.2. The third-order valence-corrected chi connectivity index (χ3v) is 2.49. The van der Waals surface area contributed by atoms with Crippen LogP contribution in [0, 0.1) is 11.7 Å². The molecule has 0 saturated heterocycles. The van der Waals surface area contributed by atoms with Gasteiger partial charge in [0, 0.05) is 0 Å². The lowest BCUT2D eigenvalue weighted by atomic mass is 9.95. The van der Waals surface area contributed by atoms with Crippen molar-refractivity contribution >= 4 is 5.97 Å². The molecule has 3 nitrogen and oxygen atoms in total. The van der Waals surface area contributed by atoms with E-state index in [1.165, 1.54) is 25.1 Å². The van der Waals surface area contributed by atoms with Gasteiger partial charge in [-0.2, -0.15) is 0 Å². The first kappa shape index (κ1) is 13.6. The summed E-state index contributed by atoms with van der Waals surface area (Å²) in [7, 11) is 0. The number of ether oxygens (including phenoxy) is 1. The van der Waals surface area contributed by atoms with Crippen molar-refractivity contribution in [1.29, 1.82) is 0 Å². The average Bonchev–Trinajstić information content (AvgIpc) is 2.25. The number of benzene rings is 1. The average molecular weight is 240 g/mol. The van der Waals surface area contributed by atoms with Crippen molar-refractivity contribution < 1.29 is 19.0 Å². The van der Waals surface area contributed by atoms with Crippen molar-refractivity contribution in [3.63, 3.8) is 0 Å². The zero-order chi connectivity index (χ0) is 13.1. The summed E-state index contributed by atoms with van der Waals surface area (Å²) in [6.07, 6.45) is 0. The molecule has 17 heavy (non-hydrogen) atoms. The molecule has 94 valence electrons. The lowest BCUT2D eigenvalue weighted by Crippen LogP contribution is -2.36. The Hall–Kier alpha value is -1.42. The number of carbonyl (C=O) groups is 1. The van der Waals surface area contributed by atoms with Crippen LogP contribution >= 0.6 is 0 Å². The molecule has 1 aromatic carbocycles. The third-order valence-electron chi connectivity index (χ3n) is 2.49. The Labute approximate surface area is 100 Å². The quantitative estimate of drug-likeness (QED) is 0.860. The summed E-state index contributed by atoms with van der Waals surface area (Å²) in [6.45, 7) is 5.59. The van der Waals surface area contributed by atoms with Gasteiger partial charge < -0.3 is 9.84 Å². The fraction of sp³-hybridized carbons (Fsp3) is 0.462. The number of hydrogen-bond acceptors (Lipinski definition) is 2. The molecule has 1 atom stereocenters. The number of carboxylic acids is 1. The summed E-state index contributed by atoms with van der Waals surface area (Å²) >= 11 is 0. The number of carboxylic acid groups (broad SMARTS) is 1. The molecule has 0 heterocycles. The van der Waals surface area contributed by atoms with Gasteiger partial charge in [-0.1, -0.05) is 26.0 Å². The van der Waals surface area contributed by atoms with E-state index in [2.05, 4.69) is 0 Å². The largest absolute Gasteiger partial charge is 0.479 e. The summed E-state index contributed by atoms with van der Waals surface area (Å²) in [5, 5.41) is 9.24. The molecule has 0 aliphatic carbocycles. The minimum absolute atomic E-state index is 0.210. The molecular formula is C13H17FO3. The van der Waals surface area contributed by atoms with Gasteiger partial charge in [-0.05, 0) is 30.5 Å². The maximum Gasteiger partial charge on any atom is 0.340 e. The van der Waals surface area contributed by atoms with E-state index in [4.69, 9.17) is 4.74 Å². The fourth-order valence-electron chi connectivity index (χ4n) is 1.39. The van der Waals surface area contributed by atoms with E-state index in [0.717, 1.165) is 0 Å². The highest BCUT2D eigenvalue weighted by atomic mass is 19.1. The van der Waals surface area contributed by atoms with Crippen LogP contribution in [0.2, 0.25) is 0 Å². The summed E-state index contributed by atoms with van der Waals surface area (Å²) < 4.78 is 18.5. The van der Waals surface area contributed by atoms with Crippen LogP contribution < -0.4 is 0 Å². The minimum atomic E-state index is -1.51. The standard InChI is InChI=1S/C13H17FO3/c1-9(2)8-17-13(3,12(15)16)10-5-4-6-11(14)7-10/h4-7,9H,8H2,1-3H3,(H,15,16). The fourth-order valence-corrected chi connectivity index (χ4v) is 1.39. The molecule has 4 heteroatoms. The van der Waals surface area contributed by atoms with Crippen molar-refractivity contribution in [3.8, 4) is 0 Å². The zero-order valence-corrected chi connectivity index (χ0v) is 10.2. The van der Waals surface area contributed by atoms with Gasteiger partial charge in [0.15, 0.2) is 5.60 Å². The van der Waals surface area contributed by atoms with Crippen molar-refractivity contribution in [2.24, 2.45) is 5.92 Å². The van der Waals surface area contributed by atoms with E-state index in [-0.39, 0.29) is 5.92 Å². The Morgan fingerprint density at radius 2 is 2.18 bits per heavy atom. The van der Waals surface area contributed by atoms with Gasteiger partial charge in [0.2, 0.25) is 0 Å².